The molecule has 1 rings (SSSR count). The summed E-state index contributed by atoms with van der Waals surface area (Å²) < 4.78 is 39.1. The standard InChI is InChI=1S/C11H16FN3O2S/c1-2-3-7-18(16,17)15-9-6-4-5-8(12)10(9)11(13)14/h4-6,15H,2-3,7H2,1H3,(H3,13,14). The molecule has 0 saturated heterocycles. The van der Waals surface area contributed by atoms with Gasteiger partial charge in [0.05, 0.1) is 17.0 Å². The zero-order chi connectivity index (χ0) is 13.8. The summed E-state index contributed by atoms with van der Waals surface area (Å²) in [6.07, 6.45) is 1.25. The summed E-state index contributed by atoms with van der Waals surface area (Å²) in [6, 6.07) is 3.86. The first-order valence-corrected chi connectivity index (χ1v) is 7.16. The largest absolute Gasteiger partial charge is 0.384 e. The van der Waals surface area contributed by atoms with Crippen LogP contribution in [0, 0.1) is 11.2 Å². The number of anilines is 1. The van der Waals surface area contributed by atoms with Gasteiger partial charge in [-0.05, 0) is 18.6 Å². The lowest BCUT2D eigenvalue weighted by Gasteiger charge is -2.12. The molecule has 5 nitrogen and oxygen atoms in total. The zero-order valence-electron chi connectivity index (χ0n) is 10.0. The molecular formula is C11H16FN3O2S. The van der Waals surface area contributed by atoms with E-state index >= 15 is 0 Å². The Balaban J connectivity index is 3.05. The molecule has 0 aliphatic rings. The third-order valence-electron chi connectivity index (χ3n) is 2.32. The van der Waals surface area contributed by atoms with Crippen LogP contribution in [-0.2, 0) is 10.0 Å². The van der Waals surface area contributed by atoms with E-state index < -0.39 is 21.7 Å². The maximum atomic E-state index is 13.5. The van der Waals surface area contributed by atoms with Crippen LogP contribution in [0.4, 0.5) is 10.1 Å². The molecular weight excluding hydrogens is 257 g/mol. The SMILES string of the molecule is CCCCS(=O)(=O)Nc1cccc(F)c1C(=N)N. The van der Waals surface area contributed by atoms with Crippen LogP contribution in [0.5, 0.6) is 0 Å². The van der Waals surface area contributed by atoms with Crippen molar-refractivity contribution in [2.45, 2.75) is 19.8 Å². The second kappa shape index (κ2) is 5.81. The Kier molecular flexibility index (Phi) is 4.66. The lowest BCUT2D eigenvalue weighted by Crippen LogP contribution is -2.21. The highest BCUT2D eigenvalue weighted by molar-refractivity contribution is 7.92. The van der Waals surface area contributed by atoms with Crippen molar-refractivity contribution in [3.8, 4) is 0 Å². The molecule has 18 heavy (non-hydrogen) atoms. The molecule has 100 valence electrons. The van der Waals surface area contributed by atoms with E-state index in [9.17, 15) is 12.8 Å². The van der Waals surface area contributed by atoms with Crippen molar-refractivity contribution in [1.29, 1.82) is 5.41 Å². The molecule has 0 aliphatic carbocycles. The van der Waals surface area contributed by atoms with Crippen LogP contribution >= 0.6 is 0 Å². The normalized spacial score (nSPS) is 11.2. The molecule has 0 aliphatic heterocycles. The fourth-order valence-corrected chi connectivity index (χ4v) is 2.71. The van der Waals surface area contributed by atoms with Crippen LogP contribution in [-0.4, -0.2) is 20.0 Å². The summed E-state index contributed by atoms with van der Waals surface area (Å²) in [4.78, 5) is 0. The molecule has 0 amide bonds. The van der Waals surface area contributed by atoms with Gasteiger partial charge < -0.3 is 5.73 Å². The molecule has 1 aromatic carbocycles. The Morgan fingerprint density at radius 1 is 1.50 bits per heavy atom. The third-order valence-corrected chi connectivity index (χ3v) is 3.67. The minimum absolute atomic E-state index is 0.00129. The summed E-state index contributed by atoms with van der Waals surface area (Å²) in [5.74, 6) is -1.28. The monoisotopic (exact) mass is 273 g/mol. The van der Waals surface area contributed by atoms with E-state index in [0.717, 1.165) is 12.5 Å². The number of hydrogen-bond donors (Lipinski definition) is 3. The number of hydrogen-bond acceptors (Lipinski definition) is 3. The molecule has 4 N–H and O–H groups in total. The summed E-state index contributed by atoms with van der Waals surface area (Å²) >= 11 is 0. The van der Waals surface area contributed by atoms with Gasteiger partial charge in [0.2, 0.25) is 10.0 Å². The molecule has 7 heteroatoms. The van der Waals surface area contributed by atoms with Crippen molar-refractivity contribution >= 4 is 21.5 Å². The zero-order valence-corrected chi connectivity index (χ0v) is 10.8. The van der Waals surface area contributed by atoms with Crippen LogP contribution in [0.1, 0.15) is 25.3 Å². The third kappa shape index (κ3) is 3.69. The van der Waals surface area contributed by atoms with Gasteiger partial charge in [0.1, 0.15) is 11.7 Å². The summed E-state index contributed by atoms with van der Waals surface area (Å²) in [5, 5.41) is 7.27. The van der Waals surface area contributed by atoms with Gasteiger partial charge in [0.15, 0.2) is 0 Å². The van der Waals surface area contributed by atoms with E-state index in [4.69, 9.17) is 11.1 Å². The van der Waals surface area contributed by atoms with Crippen LogP contribution in [0.25, 0.3) is 0 Å². The maximum Gasteiger partial charge on any atom is 0.232 e. The molecule has 0 spiro atoms. The molecule has 0 fully saturated rings. The number of benzene rings is 1. The van der Waals surface area contributed by atoms with Crippen molar-refractivity contribution in [2.75, 3.05) is 10.5 Å². The average Bonchev–Trinajstić information content (AvgIpc) is 2.25. The Morgan fingerprint density at radius 2 is 2.17 bits per heavy atom. The van der Waals surface area contributed by atoms with Gasteiger partial charge in [0.25, 0.3) is 0 Å². The second-order valence-corrected chi connectivity index (χ2v) is 5.69. The fourth-order valence-electron chi connectivity index (χ4n) is 1.44. The number of rotatable bonds is 6. The van der Waals surface area contributed by atoms with Gasteiger partial charge in [-0.15, -0.1) is 0 Å². The summed E-state index contributed by atoms with van der Waals surface area (Å²) in [7, 11) is -3.54. The number of unbranched alkanes of at least 4 members (excludes halogenated alkanes) is 1. The summed E-state index contributed by atoms with van der Waals surface area (Å²) in [5.41, 5.74) is 5.02. The predicted octanol–water partition coefficient (Wildman–Crippen LogP) is 1.65. The van der Waals surface area contributed by atoms with Crippen LogP contribution < -0.4 is 10.5 Å². The number of nitrogens with one attached hydrogen (secondary N) is 2. The fraction of sp³-hybridized carbons (Fsp3) is 0.364. The van der Waals surface area contributed by atoms with Gasteiger partial charge in [-0.1, -0.05) is 19.4 Å². The van der Waals surface area contributed by atoms with E-state index in [1.807, 2.05) is 6.92 Å². The first-order valence-electron chi connectivity index (χ1n) is 5.50. The van der Waals surface area contributed by atoms with Gasteiger partial charge in [-0.25, -0.2) is 12.8 Å². The van der Waals surface area contributed by atoms with Crippen molar-refractivity contribution in [2.24, 2.45) is 5.73 Å². The topological polar surface area (TPSA) is 96.0 Å². The highest BCUT2D eigenvalue weighted by atomic mass is 32.2. The van der Waals surface area contributed by atoms with Crippen molar-refractivity contribution in [3.05, 3.63) is 29.6 Å². The van der Waals surface area contributed by atoms with E-state index in [2.05, 4.69) is 4.72 Å². The van der Waals surface area contributed by atoms with Crippen molar-refractivity contribution < 1.29 is 12.8 Å². The Bertz CT molecular complexity index is 543. The molecule has 0 radical (unpaired) electrons. The highest BCUT2D eigenvalue weighted by Gasteiger charge is 2.16. The van der Waals surface area contributed by atoms with Gasteiger partial charge in [0, 0.05) is 0 Å². The van der Waals surface area contributed by atoms with Gasteiger partial charge in [-0.2, -0.15) is 0 Å². The van der Waals surface area contributed by atoms with Crippen LogP contribution in [0.3, 0.4) is 0 Å². The van der Waals surface area contributed by atoms with E-state index in [0.29, 0.717) is 6.42 Å². The Labute approximate surface area is 106 Å². The van der Waals surface area contributed by atoms with E-state index in [1.54, 1.807) is 0 Å². The van der Waals surface area contributed by atoms with Crippen molar-refractivity contribution in [1.82, 2.24) is 0 Å². The van der Waals surface area contributed by atoms with Gasteiger partial charge >= 0.3 is 0 Å². The molecule has 0 saturated carbocycles. The first-order chi connectivity index (χ1) is 8.37. The number of halogens is 1. The maximum absolute atomic E-state index is 13.5. The second-order valence-electron chi connectivity index (χ2n) is 3.85. The molecule has 0 bridgehead atoms. The number of nitrogens with two attached hydrogens (primary N) is 1. The minimum Gasteiger partial charge on any atom is -0.384 e. The van der Waals surface area contributed by atoms with Crippen molar-refractivity contribution in [3.63, 3.8) is 0 Å². The quantitative estimate of drug-likeness (QED) is 0.543. The molecule has 0 aromatic heterocycles. The number of amidine groups is 1. The van der Waals surface area contributed by atoms with E-state index in [1.165, 1.54) is 12.1 Å². The molecule has 0 heterocycles. The molecule has 0 unspecified atom stereocenters. The highest BCUT2D eigenvalue weighted by Crippen LogP contribution is 2.19. The number of sulfonamides is 1. The van der Waals surface area contributed by atoms with Crippen LogP contribution in [0.15, 0.2) is 18.2 Å². The van der Waals surface area contributed by atoms with Crippen LogP contribution in [0.2, 0.25) is 0 Å². The lowest BCUT2D eigenvalue weighted by atomic mass is 10.1. The predicted molar refractivity (Wildman–Crippen MR) is 69.7 cm³/mol. The number of nitrogen functional groups attached to an aromatic ring is 1. The summed E-state index contributed by atoms with van der Waals surface area (Å²) in [6.45, 7) is 1.87. The lowest BCUT2D eigenvalue weighted by molar-refractivity contribution is 0.597. The Hall–Kier alpha value is -1.63. The molecule has 0 atom stereocenters. The minimum atomic E-state index is -3.54. The Morgan fingerprint density at radius 3 is 2.72 bits per heavy atom. The average molecular weight is 273 g/mol. The van der Waals surface area contributed by atoms with Gasteiger partial charge in [-0.3, -0.25) is 10.1 Å². The first kappa shape index (κ1) is 14.4. The molecule has 1 aromatic rings. The smallest absolute Gasteiger partial charge is 0.232 e. The van der Waals surface area contributed by atoms with E-state index in [-0.39, 0.29) is 17.0 Å².